The summed E-state index contributed by atoms with van der Waals surface area (Å²) in [5.41, 5.74) is 1.62. The second kappa shape index (κ2) is 9.73. The molecule has 3 aromatic carbocycles. The SMILES string of the molecule is O=C(NC(Oc1ccc(Cl)cc1)C(Cl)(Cl)Cl)C(c1ccccc1)c1ccccc1. The number of carbonyl (C=O) groups excluding carboxylic acids is 1. The first-order valence-corrected chi connectivity index (χ1v) is 10.2. The van der Waals surface area contributed by atoms with Crippen LogP contribution in [0.15, 0.2) is 84.9 Å². The average molecular weight is 469 g/mol. The molecule has 0 saturated heterocycles. The van der Waals surface area contributed by atoms with E-state index >= 15 is 0 Å². The quantitative estimate of drug-likeness (QED) is 0.337. The van der Waals surface area contributed by atoms with E-state index in [2.05, 4.69) is 5.32 Å². The minimum atomic E-state index is -1.90. The molecule has 0 aliphatic carbocycles. The van der Waals surface area contributed by atoms with E-state index in [0.29, 0.717) is 10.8 Å². The molecule has 1 amide bonds. The molecule has 0 heterocycles. The standard InChI is InChI=1S/C22H17Cl4NO2/c23-17-11-13-18(14-12-17)29-21(22(24,25)26)27-20(28)19(15-7-3-1-4-8-15)16-9-5-2-6-10-16/h1-14,19,21H,(H,27,28). The summed E-state index contributed by atoms with van der Waals surface area (Å²) < 4.78 is 3.84. The molecule has 0 aliphatic heterocycles. The van der Waals surface area contributed by atoms with E-state index in [1.807, 2.05) is 60.7 Å². The summed E-state index contributed by atoms with van der Waals surface area (Å²) in [6.45, 7) is 0. The van der Waals surface area contributed by atoms with Crippen LogP contribution in [0.3, 0.4) is 0 Å². The Morgan fingerprint density at radius 3 is 1.72 bits per heavy atom. The van der Waals surface area contributed by atoms with Crippen LogP contribution in [-0.4, -0.2) is 15.9 Å². The first-order valence-electron chi connectivity index (χ1n) is 8.74. The fourth-order valence-electron chi connectivity index (χ4n) is 2.83. The predicted molar refractivity (Wildman–Crippen MR) is 119 cm³/mol. The zero-order chi connectivity index (χ0) is 20.9. The highest BCUT2D eigenvalue weighted by Gasteiger charge is 2.38. The molecule has 0 bridgehead atoms. The van der Waals surface area contributed by atoms with Gasteiger partial charge in [-0.3, -0.25) is 4.79 Å². The summed E-state index contributed by atoms with van der Waals surface area (Å²) in [6.07, 6.45) is -1.21. The Hall–Kier alpha value is -1.91. The van der Waals surface area contributed by atoms with Gasteiger partial charge >= 0.3 is 0 Å². The first kappa shape index (κ1) is 21.8. The van der Waals surface area contributed by atoms with Crippen LogP contribution in [-0.2, 0) is 4.79 Å². The summed E-state index contributed by atoms with van der Waals surface area (Å²) in [7, 11) is 0. The molecule has 7 heteroatoms. The zero-order valence-corrected chi connectivity index (χ0v) is 18.1. The number of carbonyl (C=O) groups is 1. The van der Waals surface area contributed by atoms with Gasteiger partial charge in [0.25, 0.3) is 0 Å². The molecule has 3 rings (SSSR count). The van der Waals surface area contributed by atoms with Crippen molar-refractivity contribution in [1.29, 1.82) is 0 Å². The molecule has 150 valence electrons. The fraction of sp³-hybridized carbons (Fsp3) is 0.136. The molecule has 0 fully saturated rings. The predicted octanol–water partition coefficient (Wildman–Crippen LogP) is 6.36. The Morgan fingerprint density at radius 1 is 0.793 bits per heavy atom. The van der Waals surface area contributed by atoms with Crippen molar-refractivity contribution in [2.45, 2.75) is 15.9 Å². The number of hydrogen-bond donors (Lipinski definition) is 1. The molecule has 0 aromatic heterocycles. The molecule has 1 N–H and O–H groups in total. The van der Waals surface area contributed by atoms with Crippen LogP contribution in [0.25, 0.3) is 0 Å². The lowest BCUT2D eigenvalue weighted by Gasteiger charge is -2.28. The Bertz CT molecular complexity index is 889. The van der Waals surface area contributed by atoms with Crippen LogP contribution in [0.2, 0.25) is 5.02 Å². The van der Waals surface area contributed by atoms with Crippen LogP contribution in [0.1, 0.15) is 17.0 Å². The van der Waals surface area contributed by atoms with Crippen molar-refractivity contribution in [3.8, 4) is 5.75 Å². The van der Waals surface area contributed by atoms with Gasteiger partial charge in [-0.1, -0.05) is 107 Å². The van der Waals surface area contributed by atoms with E-state index in [-0.39, 0.29) is 5.91 Å². The van der Waals surface area contributed by atoms with Crippen molar-refractivity contribution < 1.29 is 9.53 Å². The van der Waals surface area contributed by atoms with E-state index in [9.17, 15) is 4.79 Å². The molecule has 1 unspecified atom stereocenters. The minimum Gasteiger partial charge on any atom is -0.466 e. The van der Waals surface area contributed by atoms with Gasteiger partial charge in [0.05, 0.1) is 5.92 Å². The molecule has 1 atom stereocenters. The van der Waals surface area contributed by atoms with Crippen molar-refractivity contribution in [3.63, 3.8) is 0 Å². The molecule has 0 saturated carbocycles. The van der Waals surface area contributed by atoms with Gasteiger partial charge in [-0.25, -0.2) is 0 Å². The molecule has 29 heavy (non-hydrogen) atoms. The highest BCUT2D eigenvalue weighted by Crippen LogP contribution is 2.33. The van der Waals surface area contributed by atoms with Crippen molar-refractivity contribution in [2.24, 2.45) is 0 Å². The highest BCUT2D eigenvalue weighted by atomic mass is 35.6. The smallest absolute Gasteiger partial charge is 0.246 e. The van der Waals surface area contributed by atoms with E-state index < -0.39 is 15.9 Å². The molecular formula is C22H17Cl4NO2. The Morgan fingerprint density at radius 2 is 1.28 bits per heavy atom. The van der Waals surface area contributed by atoms with Gasteiger partial charge in [0.1, 0.15) is 5.75 Å². The first-order chi connectivity index (χ1) is 13.8. The normalized spacial score (nSPS) is 12.4. The maximum absolute atomic E-state index is 13.3. The van der Waals surface area contributed by atoms with Gasteiger partial charge in [0.15, 0.2) is 0 Å². The maximum atomic E-state index is 13.3. The van der Waals surface area contributed by atoms with Crippen LogP contribution >= 0.6 is 46.4 Å². The molecule has 0 radical (unpaired) electrons. The van der Waals surface area contributed by atoms with Crippen LogP contribution in [0.4, 0.5) is 0 Å². The number of rotatable bonds is 6. The summed E-state index contributed by atoms with van der Waals surface area (Å²) in [5, 5.41) is 3.27. The number of ether oxygens (including phenoxy) is 1. The van der Waals surface area contributed by atoms with Gasteiger partial charge in [-0.15, -0.1) is 0 Å². The second-order valence-corrected chi connectivity index (χ2v) is 9.06. The van der Waals surface area contributed by atoms with Crippen molar-refractivity contribution in [1.82, 2.24) is 5.32 Å². The van der Waals surface area contributed by atoms with Crippen molar-refractivity contribution >= 4 is 52.3 Å². The molecule has 3 nitrogen and oxygen atoms in total. The number of benzene rings is 3. The van der Waals surface area contributed by atoms with E-state index in [0.717, 1.165) is 11.1 Å². The largest absolute Gasteiger partial charge is 0.466 e. The lowest BCUT2D eigenvalue weighted by atomic mass is 9.90. The third kappa shape index (κ3) is 6.03. The van der Waals surface area contributed by atoms with Crippen molar-refractivity contribution in [3.05, 3.63) is 101 Å². The summed E-state index contributed by atoms with van der Waals surface area (Å²) in [6, 6.07) is 25.3. The fourth-order valence-corrected chi connectivity index (χ4v) is 3.25. The molecule has 0 spiro atoms. The van der Waals surface area contributed by atoms with Crippen LogP contribution in [0.5, 0.6) is 5.75 Å². The third-order valence-electron chi connectivity index (χ3n) is 4.17. The van der Waals surface area contributed by atoms with E-state index in [1.165, 1.54) is 0 Å². The Balaban J connectivity index is 1.88. The monoisotopic (exact) mass is 467 g/mol. The van der Waals surface area contributed by atoms with Crippen LogP contribution < -0.4 is 10.1 Å². The summed E-state index contributed by atoms with van der Waals surface area (Å²) >= 11 is 24.2. The number of nitrogens with one attached hydrogen (secondary N) is 1. The van der Waals surface area contributed by atoms with Gasteiger partial charge < -0.3 is 10.1 Å². The number of amides is 1. The van der Waals surface area contributed by atoms with Crippen molar-refractivity contribution in [2.75, 3.05) is 0 Å². The topological polar surface area (TPSA) is 38.3 Å². The minimum absolute atomic E-state index is 0.354. The average Bonchev–Trinajstić information content (AvgIpc) is 2.70. The highest BCUT2D eigenvalue weighted by molar-refractivity contribution is 6.68. The lowest BCUT2D eigenvalue weighted by Crippen LogP contribution is -2.49. The number of alkyl halides is 3. The zero-order valence-electron chi connectivity index (χ0n) is 15.1. The van der Waals surface area contributed by atoms with E-state index in [1.54, 1.807) is 24.3 Å². The summed E-state index contributed by atoms with van der Waals surface area (Å²) in [4.78, 5) is 13.3. The Labute approximate surface area is 189 Å². The van der Waals surface area contributed by atoms with E-state index in [4.69, 9.17) is 51.1 Å². The molecular weight excluding hydrogens is 452 g/mol. The molecule has 0 aliphatic rings. The second-order valence-electron chi connectivity index (χ2n) is 6.26. The van der Waals surface area contributed by atoms with Gasteiger partial charge in [-0.2, -0.15) is 0 Å². The molecule has 3 aromatic rings. The summed E-state index contributed by atoms with van der Waals surface area (Å²) in [5.74, 6) is -0.546. The lowest BCUT2D eigenvalue weighted by molar-refractivity contribution is -0.124. The third-order valence-corrected chi connectivity index (χ3v) is 5.01. The Kier molecular flexibility index (Phi) is 7.31. The maximum Gasteiger partial charge on any atom is 0.246 e. The number of hydrogen-bond acceptors (Lipinski definition) is 2. The van der Waals surface area contributed by atoms with Gasteiger partial charge in [0.2, 0.25) is 15.9 Å². The van der Waals surface area contributed by atoms with Gasteiger partial charge in [-0.05, 0) is 35.4 Å². The van der Waals surface area contributed by atoms with Gasteiger partial charge in [0, 0.05) is 5.02 Å². The van der Waals surface area contributed by atoms with Crippen LogP contribution in [0, 0.1) is 0 Å². The number of halogens is 4.